The van der Waals surface area contributed by atoms with Crippen molar-refractivity contribution >= 4 is 35.9 Å². The smallest absolute Gasteiger partial charge is 0.305 e. The third-order valence-corrected chi connectivity index (χ3v) is 4.39. The summed E-state index contributed by atoms with van der Waals surface area (Å²) in [5.41, 5.74) is 1.41. The molecule has 146 valence electrons. The molecule has 1 heterocycles. The van der Waals surface area contributed by atoms with Crippen LogP contribution in [-0.4, -0.2) is 49.6 Å². The maximum Gasteiger partial charge on any atom is 0.305 e. The lowest BCUT2D eigenvalue weighted by Gasteiger charge is -2.21. The number of nitrogens with one attached hydrogen (secondary N) is 1. The van der Waals surface area contributed by atoms with Crippen LogP contribution in [0.5, 0.6) is 0 Å². The number of aliphatic imine (C=N–C) groups is 1. The topological polar surface area (TPSA) is 53.9 Å². The molecule has 1 aliphatic rings. The van der Waals surface area contributed by atoms with Crippen LogP contribution in [0, 0.1) is 5.92 Å². The first kappa shape index (κ1) is 22.7. The Bertz CT molecular complexity index is 551. The minimum absolute atomic E-state index is 0. The number of rotatable bonds is 8. The normalized spacial score (nSPS) is 16.9. The van der Waals surface area contributed by atoms with Crippen LogP contribution in [0.15, 0.2) is 35.3 Å². The van der Waals surface area contributed by atoms with E-state index in [0.717, 1.165) is 38.4 Å². The fraction of sp³-hybridized carbons (Fsp3) is 0.600. The molecule has 0 aromatic heterocycles. The lowest BCUT2D eigenvalue weighted by atomic mass is 9.99. The number of hydrogen-bond donors (Lipinski definition) is 1. The predicted octanol–water partition coefficient (Wildman–Crippen LogP) is 3.48. The zero-order valence-corrected chi connectivity index (χ0v) is 18.3. The molecular weight excluding hydrogens is 441 g/mol. The molecule has 26 heavy (non-hydrogen) atoms. The molecule has 1 aromatic rings. The van der Waals surface area contributed by atoms with Crippen LogP contribution < -0.4 is 5.32 Å². The Morgan fingerprint density at radius 2 is 2.08 bits per heavy atom. The Hall–Kier alpha value is -1.31. The third kappa shape index (κ3) is 7.93. The molecule has 1 atom stereocenters. The summed E-state index contributed by atoms with van der Waals surface area (Å²) in [5, 5.41) is 3.38. The third-order valence-electron chi connectivity index (χ3n) is 4.39. The summed E-state index contributed by atoms with van der Waals surface area (Å²) < 4.78 is 4.95. The van der Waals surface area contributed by atoms with E-state index in [9.17, 15) is 4.79 Å². The summed E-state index contributed by atoms with van der Waals surface area (Å²) >= 11 is 0. The van der Waals surface area contributed by atoms with Gasteiger partial charge in [-0.25, -0.2) is 0 Å². The van der Waals surface area contributed by atoms with Crippen LogP contribution in [0.4, 0.5) is 0 Å². The molecule has 0 spiro atoms. The molecule has 1 fully saturated rings. The van der Waals surface area contributed by atoms with E-state index in [-0.39, 0.29) is 29.9 Å². The molecule has 1 aliphatic heterocycles. The van der Waals surface area contributed by atoms with Gasteiger partial charge in [-0.2, -0.15) is 0 Å². The number of carbonyl (C=O) groups is 1. The van der Waals surface area contributed by atoms with E-state index in [1.165, 1.54) is 12.0 Å². The first-order chi connectivity index (χ1) is 12.2. The van der Waals surface area contributed by atoms with Crippen molar-refractivity contribution in [2.75, 3.05) is 32.8 Å². The summed E-state index contributed by atoms with van der Waals surface area (Å²) in [5.74, 6) is 1.51. The van der Waals surface area contributed by atoms with Gasteiger partial charge >= 0.3 is 5.97 Å². The van der Waals surface area contributed by atoms with Crippen LogP contribution >= 0.6 is 24.0 Å². The van der Waals surface area contributed by atoms with Crippen molar-refractivity contribution in [2.45, 2.75) is 39.5 Å². The average molecular weight is 473 g/mol. The van der Waals surface area contributed by atoms with Crippen LogP contribution in [0.25, 0.3) is 0 Å². The highest BCUT2D eigenvalue weighted by Gasteiger charge is 2.24. The Balaban J connectivity index is 0.00000338. The SMILES string of the molecule is CCNC(=NCCCC(=O)OCC)N1CCC(Cc2ccccc2)C1.I. The van der Waals surface area contributed by atoms with Crippen molar-refractivity contribution in [1.82, 2.24) is 10.2 Å². The summed E-state index contributed by atoms with van der Waals surface area (Å²) in [6, 6.07) is 10.7. The first-order valence-corrected chi connectivity index (χ1v) is 9.45. The Morgan fingerprint density at radius 3 is 2.77 bits per heavy atom. The monoisotopic (exact) mass is 473 g/mol. The number of esters is 1. The molecule has 1 N–H and O–H groups in total. The van der Waals surface area contributed by atoms with Gasteiger partial charge in [-0.1, -0.05) is 30.3 Å². The van der Waals surface area contributed by atoms with Gasteiger partial charge in [-0.05, 0) is 44.6 Å². The average Bonchev–Trinajstić information content (AvgIpc) is 3.07. The van der Waals surface area contributed by atoms with Crippen LogP contribution in [0.1, 0.15) is 38.7 Å². The van der Waals surface area contributed by atoms with E-state index in [2.05, 4.69) is 47.5 Å². The lowest BCUT2D eigenvalue weighted by molar-refractivity contribution is -0.143. The van der Waals surface area contributed by atoms with E-state index in [0.29, 0.717) is 25.5 Å². The number of carbonyl (C=O) groups excluding carboxylic acids is 1. The summed E-state index contributed by atoms with van der Waals surface area (Å²) in [4.78, 5) is 18.4. The van der Waals surface area contributed by atoms with Crippen LogP contribution in [-0.2, 0) is 16.0 Å². The summed E-state index contributed by atoms with van der Waals surface area (Å²) in [7, 11) is 0. The number of halogens is 1. The molecule has 1 aromatic carbocycles. The Morgan fingerprint density at radius 1 is 1.31 bits per heavy atom. The van der Waals surface area contributed by atoms with E-state index in [1.807, 2.05) is 6.92 Å². The summed E-state index contributed by atoms with van der Waals surface area (Å²) in [6.45, 7) is 7.96. The van der Waals surface area contributed by atoms with Gasteiger partial charge in [0.25, 0.3) is 0 Å². The Kier molecular flexibility index (Phi) is 11.3. The predicted molar refractivity (Wildman–Crippen MR) is 117 cm³/mol. The minimum Gasteiger partial charge on any atom is -0.466 e. The Labute approximate surface area is 174 Å². The molecule has 0 aliphatic carbocycles. The first-order valence-electron chi connectivity index (χ1n) is 9.45. The fourth-order valence-corrected chi connectivity index (χ4v) is 3.21. The van der Waals surface area contributed by atoms with Crippen molar-refractivity contribution in [3.63, 3.8) is 0 Å². The van der Waals surface area contributed by atoms with Crippen LogP contribution in [0.3, 0.4) is 0 Å². The second-order valence-electron chi connectivity index (χ2n) is 6.43. The molecule has 2 rings (SSSR count). The highest BCUT2D eigenvalue weighted by atomic mass is 127. The number of hydrogen-bond acceptors (Lipinski definition) is 3. The number of nitrogens with zero attached hydrogens (tertiary/aromatic N) is 2. The molecule has 5 nitrogen and oxygen atoms in total. The fourth-order valence-electron chi connectivity index (χ4n) is 3.21. The van der Waals surface area contributed by atoms with E-state index >= 15 is 0 Å². The molecule has 0 radical (unpaired) electrons. The van der Waals surface area contributed by atoms with E-state index < -0.39 is 0 Å². The highest BCUT2D eigenvalue weighted by Crippen LogP contribution is 2.20. The molecular formula is C20H32IN3O2. The minimum atomic E-state index is -0.133. The second kappa shape index (κ2) is 12.9. The van der Waals surface area contributed by atoms with Gasteiger partial charge in [-0.3, -0.25) is 9.79 Å². The van der Waals surface area contributed by atoms with Gasteiger partial charge in [0.2, 0.25) is 0 Å². The molecule has 0 saturated carbocycles. The van der Waals surface area contributed by atoms with Gasteiger partial charge in [0.15, 0.2) is 5.96 Å². The van der Waals surface area contributed by atoms with Crippen molar-refractivity contribution < 1.29 is 9.53 Å². The van der Waals surface area contributed by atoms with Crippen molar-refractivity contribution in [2.24, 2.45) is 10.9 Å². The largest absolute Gasteiger partial charge is 0.466 e. The van der Waals surface area contributed by atoms with Gasteiger partial charge in [0, 0.05) is 32.6 Å². The van der Waals surface area contributed by atoms with Gasteiger partial charge in [0.1, 0.15) is 0 Å². The quantitative estimate of drug-likeness (QED) is 0.207. The zero-order chi connectivity index (χ0) is 17.9. The number of benzene rings is 1. The number of guanidine groups is 1. The van der Waals surface area contributed by atoms with E-state index in [4.69, 9.17) is 9.73 Å². The maximum absolute atomic E-state index is 11.4. The number of ether oxygens (including phenoxy) is 1. The number of likely N-dealkylation sites (tertiary alicyclic amines) is 1. The van der Waals surface area contributed by atoms with Crippen molar-refractivity contribution in [3.8, 4) is 0 Å². The zero-order valence-electron chi connectivity index (χ0n) is 15.9. The second-order valence-corrected chi connectivity index (χ2v) is 6.43. The van der Waals surface area contributed by atoms with Gasteiger partial charge in [0.05, 0.1) is 6.61 Å². The molecule has 0 amide bonds. The molecule has 0 bridgehead atoms. The van der Waals surface area contributed by atoms with Crippen molar-refractivity contribution in [1.29, 1.82) is 0 Å². The van der Waals surface area contributed by atoms with Crippen LogP contribution in [0.2, 0.25) is 0 Å². The van der Waals surface area contributed by atoms with Crippen molar-refractivity contribution in [3.05, 3.63) is 35.9 Å². The van der Waals surface area contributed by atoms with Gasteiger partial charge < -0.3 is 15.0 Å². The standard InChI is InChI=1S/C20H31N3O2.HI/c1-3-21-20(22-13-8-11-19(24)25-4-2)23-14-12-18(16-23)15-17-9-6-5-7-10-17;/h5-7,9-10,18H,3-4,8,11-16H2,1-2H3,(H,21,22);1H. The maximum atomic E-state index is 11.4. The molecule has 6 heteroatoms. The summed E-state index contributed by atoms with van der Waals surface area (Å²) in [6.07, 6.45) is 3.49. The lowest BCUT2D eigenvalue weighted by Crippen LogP contribution is -2.40. The molecule has 1 saturated heterocycles. The van der Waals surface area contributed by atoms with E-state index in [1.54, 1.807) is 0 Å². The highest BCUT2D eigenvalue weighted by molar-refractivity contribution is 14.0. The van der Waals surface area contributed by atoms with Gasteiger partial charge in [-0.15, -0.1) is 24.0 Å². The molecule has 1 unspecified atom stereocenters.